The van der Waals surface area contributed by atoms with Gasteiger partial charge in [0, 0.05) is 12.6 Å². The van der Waals surface area contributed by atoms with Crippen molar-refractivity contribution in [3.05, 3.63) is 33.9 Å². The fourth-order valence-corrected chi connectivity index (χ4v) is 1.51. The summed E-state index contributed by atoms with van der Waals surface area (Å²) in [6, 6.07) is 4.63. The minimum Gasteiger partial charge on any atom is -0.477 e. The van der Waals surface area contributed by atoms with Crippen LogP contribution in [0.25, 0.3) is 0 Å². The molecule has 7 nitrogen and oxygen atoms in total. The van der Waals surface area contributed by atoms with Gasteiger partial charge in [-0.05, 0) is 32.4 Å². The molecule has 0 atom stereocenters. The van der Waals surface area contributed by atoms with Gasteiger partial charge in [0.25, 0.3) is 5.69 Å². The first kappa shape index (κ1) is 14.6. The summed E-state index contributed by atoms with van der Waals surface area (Å²) in [6.07, 6.45) is 0. The zero-order chi connectivity index (χ0) is 14.6. The van der Waals surface area contributed by atoms with Crippen LogP contribution in [0, 0.1) is 17.0 Å². The van der Waals surface area contributed by atoms with E-state index in [0.717, 1.165) is 5.56 Å². The van der Waals surface area contributed by atoms with Crippen LogP contribution in [0.1, 0.15) is 19.4 Å². The number of benzene rings is 1. The molecule has 1 aromatic carbocycles. The molecule has 102 valence electrons. The van der Waals surface area contributed by atoms with Crippen LogP contribution in [-0.4, -0.2) is 28.3 Å². The molecule has 0 unspecified atom stereocenters. The van der Waals surface area contributed by atoms with E-state index in [1.54, 1.807) is 26.0 Å². The highest BCUT2D eigenvalue weighted by molar-refractivity contribution is 6.34. The van der Waals surface area contributed by atoms with E-state index in [4.69, 9.17) is 5.11 Å². The largest absolute Gasteiger partial charge is 0.477 e. The van der Waals surface area contributed by atoms with E-state index in [2.05, 4.69) is 5.10 Å². The van der Waals surface area contributed by atoms with Crippen LogP contribution in [0.2, 0.25) is 0 Å². The third-order valence-electron chi connectivity index (χ3n) is 2.49. The maximum absolute atomic E-state index is 11.0. The van der Waals surface area contributed by atoms with Gasteiger partial charge >= 0.3 is 5.97 Å². The standard InChI is InChI=1S/C12H15N3O4/c1-4-14(13-9(3)12(16)17)11-7-8(2)5-6-10(11)15(18)19/h5-7H,4H2,1-3H3,(H,16,17). The highest BCUT2D eigenvalue weighted by atomic mass is 16.6. The molecule has 0 aromatic heterocycles. The molecule has 1 N–H and O–H groups in total. The van der Waals surface area contributed by atoms with E-state index in [1.165, 1.54) is 18.0 Å². The predicted octanol–water partition coefficient (Wildman–Crippen LogP) is 2.19. The van der Waals surface area contributed by atoms with E-state index in [1.807, 2.05) is 0 Å². The Morgan fingerprint density at radius 3 is 2.63 bits per heavy atom. The van der Waals surface area contributed by atoms with Crippen molar-refractivity contribution in [1.82, 2.24) is 0 Å². The van der Waals surface area contributed by atoms with Crippen LogP contribution in [-0.2, 0) is 4.79 Å². The van der Waals surface area contributed by atoms with Crippen molar-refractivity contribution in [1.29, 1.82) is 0 Å². The Bertz CT molecular complexity index is 540. The smallest absolute Gasteiger partial charge is 0.351 e. The first-order valence-electron chi connectivity index (χ1n) is 5.68. The number of carboxylic acid groups (broad SMARTS) is 1. The molecule has 0 saturated carbocycles. The summed E-state index contributed by atoms with van der Waals surface area (Å²) in [7, 11) is 0. The number of aliphatic carboxylic acids is 1. The van der Waals surface area contributed by atoms with Crippen molar-refractivity contribution in [2.45, 2.75) is 20.8 Å². The second-order valence-corrected chi connectivity index (χ2v) is 3.96. The van der Waals surface area contributed by atoms with Crippen LogP contribution in [0.5, 0.6) is 0 Å². The summed E-state index contributed by atoms with van der Waals surface area (Å²) < 4.78 is 0. The Balaban J connectivity index is 3.32. The second-order valence-electron chi connectivity index (χ2n) is 3.96. The van der Waals surface area contributed by atoms with E-state index in [0.29, 0.717) is 6.54 Å². The van der Waals surface area contributed by atoms with E-state index < -0.39 is 10.9 Å². The number of nitro benzene ring substituents is 1. The van der Waals surface area contributed by atoms with Crippen molar-refractivity contribution >= 4 is 23.1 Å². The monoisotopic (exact) mass is 265 g/mol. The number of hydrazone groups is 1. The average molecular weight is 265 g/mol. The maximum Gasteiger partial charge on any atom is 0.351 e. The van der Waals surface area contributed by atoms with Gasteiger partial charge in [-0.3, -0.25) is 15.1 Å². The van der Waals surface area contributed by atoms with Gasteiger partial charge in [-0.1, -0.05) is 6.07 Å². The van der Waals surface area contributed by atoms with Gasteiger partial charge in [-0.15, -0.1) is 0 Å². The number of carboxylic acids is 1. The Labute approximate surface area is 110 Å². The number of nitrogens with zero attached hydrogens (tertiary/aromatic N) is 3. The fourth-order valence-electron chi connectivity index (χ4n) is 1.51. The zero-order valence-electron chi connectivity index (χ0n) is 11.0. The first-order chi connectivity index (χ1) is 8.86. The van der Waals surface area contributed by atoms with Gasteiger partial charge in [-0.25, -0.2) is 4.79 Å². The average Bonchev–Trinajstić information content (AvgIpc) is 2.34. The molecule has 0 aliphatic rings. The van der Waals surface area contributed by atoms with Crippen LogP contribution in [0.15, 0.2) is 23.3 Å². The predicted molar refractivity (Wildman–Crippen MR) is 71.6 cm³/mol. The number of hydrogen-bond donors (Lipinski definition) is 1. The maximum atomic E-state index is 11.0. The van der Waals surface area contributed by atoms with Crippen molar-refractivity contribution in [3.8, 4) is 0 Å². The van der Waals surface area contributed by atoms with Gasteiger partial charge in [0.2, 0.25) is 0 Å². The normalized spacial score (nSPS) is 11.2. The van der Waals surface area contributed by atoms with Crippen molar-refractivity contribution in [3.63, 3.8) is 0 Å². The summed E-state index contributed by atoms with van der Waals surface area (Å²) in [5.74, 6) is -1.16. The quantitative estimate of drug-likeness (QED) is 0.500. The minimum atomic E-state index is -1.16. The molecule has 0 amide bonds. The van der Waals surface area contributed by atoms with Gasteiger partial charge in [0.1, 0.15) is 11.4 Å². The van der Waals surface area contributed by atoms with Crippen molar-refractivity contribution in [2.24, 2.45) is 5.10 Å². The third-order valence-corrected chi connectivity index (χ3v) is 2.49. The zero-order valence-corrected chi connectivity index (χ0v) is 11.0. The Kier molecular flexibility index (Phi) is 4.57. The molecular formula is C12H15N3O4. The van der Waals surface area contributed by atoms with Gasteiger partial charge in [-0.2, -0.15) is 5.10 Å². The topological polar surface area (TPSA) is 96.0 Å². The lowest BCUT2D eigenvalue weighted by atomic mass is 10.2. The lowest BCUT2D eigenvalue weighted by Crippen LogP contribution is -2.21. The van der Waals surface area contributed by atoms with Crippen molar-refractivity contribution < 1.29 is 14.8 Å². The number of carbonyl (C=O) groups is 1. The number of aryl methyl sites for hydroxylation is 1. The molecule has 0 radical (unpaired) electrons. The van der Waals surface area contributed by atoms with Crippen LogP contribution >= 0.6 is 0 Å². The molecule has 1 rings (SSSR count). The summed E-state index contributed by atoms with van der Waals surface area (Å²) in [5, 5.41) is 25.0. The molecule has 0 heterocycles. The summed E-state index contributed by atoms with van der Waals surface area (Å²) in [6.45, 7) is 5.21. The van der Waals surface area contributed by atoms with Crippen LogP contribution in [0.3, 0.4) is 0 Å². The number of nitro groups is 1. The molecule has 0 saturated heterocycles. The molecule has 0 spiro atoms. The molecule has 19 heavy (non-hydrogen) atoms. The second kappa shape index (κ2) is 5.94. The van der Waals surface area contributed by atoms with E-state index >= 15 is 0 Å². The van der Waals surface area contributed by atoms with Crippen molar-refractivity contribution in [2.75, 3.05) is 11.6 Å². The number of rotatable bonds is 5. The molecule has 0 aliphatic heterocycles. The van der Waals surface area contributed by atoms with Crippen LogP contribution < -0.4 is 5.01 Å². The van der Waals surface area contributed by atoms with Crippen LogP contribution in [0.4, 0.5) is 11.4 Å². The third kappa shape index (κ3) is 3.51. The molecule has 7 heteroatoms. The molecular weight excluding hydrogens is 250 g/mol. The lowest BCUT2D eigenvalue weighted by Gasteiger charge is -2.17. The van der Waals surface area contributed by atoms with Gasteiger partial charge in [0.15, 0.2) is 0 Å². The minimum absolute atomic E-state index is 0.102. The van der Waals surface area contributed by atoms with E-state index in [9.17, 15) is 14.9 Å². The molecule has 0 fully saturated rings. The number of anilines is 1. The Hall–Kier alpha value is -2.44. The van der Waals surface area contributed by atoms with E-state index in [-0.39, 0.29) is 17.1 Å². The highest BCUT2D eigenvalue weighted by Gasteiger charge is 2.19. The Morgan fingerprint density at radius 1 is 1.53 bits per heavy atom. The fraction of sp³-hybridized carbons (Fsp3) is 0.333. The number of hydrogen-bond acceptors (Lipinski definition) is 5. The molecule has 0 aliphatic carbocycles. The van der Waals surface area contributed by atoms with Gasteiger partial charge in [0.05, 0.1) is 4.92 Å². The SMILES string of the molecule is CCN(N=C(C)C(=O)O)c1cc(C)ccc1[N+](=O)[O-]. The summed E-state index contributed by atoms with van der Waals surface area (Å²) >= 11 is 0. The lowest BCUT2D eigenvalue weighted by molar-refractivity contribution is -0.384. The Morgan fingerprint density at radius 2 is 2.16 bits per heavy atom. The molecule has 0 bridgehead atoms. The summed E-state index contributed by atoms with van der Waals surface area (Å²) in [4.78, 5) is 21.3. The highest BCUT2D eigenvalue weighted by Crippen LogP contribution is 2.29. The summed E-state index contributed by atoms with van der Waals surface area (Å²) in [5.41, 5.74) is 0.891. The molecule has 1 aromatic rings. The first-order valence-corrected chi connectivity index (χ1v) is 5.68. The van der Waals surface area contributed by atoms with Gasteiger partial charge < -0.3 is 5.11 Å².